The average molecular weight is 188 g/mol. The maximum atomic E-state index is 14.0. The van der Waals surface area contributed by atoms with E-state index in [2.05, 4.69) is 5.32 Å². The van der Waals surface area contributed by atoms with E-state index in [0.29, 0.717) is 25.8 Å². The number of hydrogen-bond donors (Lipinski definition) is 2. The van der Waals surface area contributed by atoms with Crippen molar-refractivity contribution in [3.8, 4) is 0 Å². The molecule has 1 saturated carbocycles. The van der Waals surface area contributed by atoms with Gasteiger partial charge in [-0.05, 0) is 26.3 Å². The first-order chi connectivity index (χ1) is 6.16. The summed E-state index contributed by atoms with van der Waals surface area (Å²) in [4.78, 5) is 0. The number of rotatable bonds is 4. The van der Waals surface area contributed by atoms with E-state index in [1.807, 2.05) is 7.05 Å². The van der Waals surface area contributed by atoms with Crippen molar-refractivity contribution < 1.29 is 4.39 Å². The van der Waals surface area contributed by atoms with E-state index in [9.17, 15) is 4.39 Å². The molecule has 0 saturated heterocycles. The van der Waals surface area contributed by atoms with Crippen LogP contribution < -0.4 is 11.1 Å². The van der Waals surface area contributed by atoms with Crippen LogP contribution in [0.15, 0.2) is 0 Å². The lowest BCUT2D eigenvalue weighted by Crippen LogP contribution is -2.40. The Labute approximate surface area is 80.1 Å². The summed E-state index contributed by atoms with van der Waals surface area (Å²) in [5.41, 5.74) is 4.83. The average Bonchev–Trinajstić information content (AvgIpc) is 2.04. The van der Waals surface area contributed by atoms with E-state index in [1.165, 1.54) is 6.42 Å². The molecule has 0 radical (unpaired) electrons. The molecule has 0 heterocycles. The van der Waals surface area contributed by atoms with Gasteiger partial charge in [0.1, 0.15) is 5.67 Å². The quantitative estimate of drug-likeness (QED) is 0.703. The summed E-state index contributed by atoms with van der Waals surface area (Å²) in [6.07, 6.45) is 5.20. The molecule has 2 nitrogen and oxygen atoms in total. The van der Waals surface area contributed by atoms with Gasteiger partial charge in [-0.3, -0.25) is 0 Å². The van der Waals surface area contributed by atoms with Gasteiger partial charge in [0.25, 0.3) is 0 Å². The predicted molar refractivity (Wildman–Crippen MR) is 53.4 cm³/mol. The van der Waals surface area contributed by atoms with Crippen molar-refractivity contribution in [2.45, 2.75) is 50.2 Å². The molecule has 0 amide bonds. The molecule has 0 bridgehead atoms. The lowest BCUT2D eigenvalue weighted by molar-refractivity contribution is 0.0880. The molecule has 1 rings (SSSR count). The van der Waals surface area contributed by atoms with Gasteiger partial charge < -0.3 is 11.1 Å². The van der Waals surface area contributed by atoms with Crippen molar-refractivity contribution >= 4 is 0 Å². The van der Waals surface area contributed by atoms with Gasteiger partial charge in [0.15, 0.2) is 0 Å². The van der Waals surface area contributed by atoms with Gasteiger partial charge in [0.2, 0.25) is 0 Å². The topological polar surface area (TPSA) is 38.0 Å². The number of likely N-dealkylation sites (N-methyl/N-ethyl adjacent to an activating group) is 1. The first-order valence-corrected chi connectivity index (χ1v) is 5.25. The van der Waals surface area contributed by atoms with Gasteiger partial charge in [0, 0.05) is 12.6 Å². The van der Waals surface area contributed by atoms with Gasteiger partial charge in [-0.25, -0.2) is 4.39 Å². The largest absolute Gasteiger partial charge is 0.326 e. The molecule has 3 N–H and O–H groups in total. The van der Waals surface area contributed by atoms with Crippen LogP contribution in [0.25, 0.3) is 0 Å². The smallest absolute Gasteiger partial charge is 0.112 e. The highest BCUT2D eigenvalue weighted by Gasteiger charge is 2.32. The number of nitrogens with one attached hydrogen (secondary N) is 1. The van der Waals surface area contributed by atoms with Crippen molar-refractivity contribution in [2.24, 2.45) is 5.73 Å². The maximum Gasteiger partial charge on any atom is 0.112 e. The second-order valence-electron chi connectivity index (χ2n) is 4.23. The van der Waals surface area contributed by atoms with Crippen LogP contribution in [0.4, 0.5) is 4.39 Å². The lowest BCUT2D eigenvalue weighted by Gasteiger charge is -2.31. The Morgan fingerprint density at radius 2 is 2.00 bits per heavy atom. The Morgan fingerprint density at radius 3 is 2.54 bits per heavy atom. The highest BCUT2D eigenvalue weighted by Crippen LogP contribution is 2.35. The van der Waals surface area contributed by atoms with Crippen LogP contribution >= 0.6 is 0 Å². The zero-order valence-electron chi connectivity index (χ0n) is 8.48. The summed E-state index contributed by atoms with van der Waals surface area (Å²) in [5, 5.41) is 2.98. The molecule has 0 aliphatic heterocycles. The highest BCUT2D eigenvalue weighted by molar-refractivity contribution is 4.86. The van der Waals surface area contributed by atoms with Crippen LogP contribution in [0.5, 0.6) is 0 Å². The zero-order valence-corrected chi connectivity index (χ0v) is 8.48. The zero-order chi connectivity index (χ0) is 9.73. The summed E-state index contributed by atoms with van der Waals surface area (Å²) < 4.78 is 14.0. The maximum absolute atomic E-state index is 14.0. The minimum Gasteiger partial charge on any atom is -0.326 e. The minimum absolute atomic E-state index is 0.0342. The second-order valence-corrected chi connectivity index (χ2v) is 4.23. The highest BCUT2D eigenvalue weighted by atomic mass is 19.1. The first kappa shape index (κ1) is 10.9. The van der Waals surface area contributed by atoms with Crippen LogP contribution in [0.2, 0.25) is 0 Å². The van der Waals surface area contributed by atoms with E-state index in [-0.39, 0.29) is 6.04 Å². The predicted octanol–water partition coefficient (Wildman–Crippen LogP) is 1.60. The molecule has 1 aliphatic rings. The summed E-state index contributed by atoms with van der Waals surface area (Å²) in [6, 6.07) is -0.0342. The normalized spacial score (nSPS) is 24.2. The van der Waals surface area contributed by atoms with E-state index in [1.54, 1.807) is 0 Å². The van der Waals surface area contributed by atoms with E-state index in [4.69, 9.17) is 5.73 Å². The van der Waals surface area contributed by atoms with Crippen LogP contribution in [-0.2, 0) is 0 Å². The molecule has 78 valence electrons. The molecular weight excluding hydrogens is 167 g/mol. The van der Waals surface area contributed by atoms with E-state index in [0.717, 1.165) is 12.8 Å². The fourth-order valence-corrected chi connectivity index (χ4v) is 2.19. The van der Waals surface area contributed by atoms with Crippen LogP contribution in [0, 0.1) is 0 Å². The van der Waals surface area contributed by atoms with Crippen molar-refractivity contribution in [2.75, 3.05) is 13.6 Å². The summed E-state index contributed by atoms with van der Waals surface area (Å²) >= 11 is 0. The summed E-state index contributed by atoms with van der Waals surface area (Å²) in [5.74, 6) is 0. The van der Waals surface area contributed by atoms with Gasteiger partial charge >= 0.3 is 0 Å². The summed E-state index contributed by atoms with van der Waals surface area (Å²) in [6.45, 7) is 0.714. The molecule has 13 heavy (non-hydrogen) atoms. The Hall–Kier alpha value is -0.150. The standard InChI is InChI=1S/C10H21FN2/c1-13-8-9(12)7-10(11)5-3-2-4-6-10/h9,13H,2-8,12H2,1H3. The lowest BCUT2D eigenvalue weighted by atomic mass is 9.82. The minimum atomic E-state index is -0.964. The molecule has 0 aromatic rings. The van der Waals surface area contributed by atoms with Crippen LogP contribution in [-0.4, -0.2) is 25.3 Å². The molecule has 1 atom stereocenters. The van der Waals surface area contributed by atoms with Crippen molar-refractivity contribution in [3.63, 3.8) is 0 Å². The van der Waals surface area contributed by atoms with Gasteiger partial charge in [-0.1, -0.05) is 19.3 Å². The molecule has 1 unspecified atom stereocenters. The van der Waals surface area contributed by atoms with Crippen molar-refractivity contribution in [1.29, 1.82) is 0 Å². The Kier molecular flexibility index (Phi) is 4.13. The van der Waals surface area contributed by atoms with Crippen molar-refractivity contribution in [1.82, 2.24) is 5.32 Å². The molecule has 0 spiro atoms. The van der Waals surface area contributed by atoms with E-state index < -0.39 is 5.67 Å². The monoisotopic (exact) mass is 188 g/mol. The molecule has 0 aromatic carbocycles. The van der Waals surface area contributed by atoms with Crippen LogP contribution in [0.3, 0.4) is 0 Å². The van der Waals surface area contributed by atoms with Gasteiger partial charge in [-0.15, -0.1) is 0 Å². The third-order valence-electron chi connectivity index (χ3n) is 2.84. The first-order valence-electron chi connectivity index (χ1n) is 5.25. The fourth-order valence-electron chi connectivity index (χ4n) is 2.19. The summed E-state index contributed by atoms with van der Waals surface area (Å²) in [7, 11) is 1.85. The van der Waals surface area contributed by atoms with Crippen molar-refractivity contribution in [3.05, 3.63) is 0 Å². The fraction of sp³-hybridized carbons (Fsp3) is 1.00. The van der Waals surface area contributed by atoms with Gasteiger partial charge in [-0.2, -0.15) is 0 Å². The number of alkyl halides is 1. The Bertz CT molecular complexity index is 144. The number of hydrogen-bond acceptors (Lipinski definition) is 2. The van der Waals surface area contributed by atoms with Gasteiger partial charge in [0.05, 0.1) is 0 Å². The number of nitrogens with two attached hydrogens (primary N) is 1. The third kappa shape index (κ3) is 3.61. The molecule has 0 aromatic heterocycles. The van der Waals surface area contributed by atoms with Crippen LogP contribution in [0.1, 0.15) is 38.5 Å². The molecule has 1 fully saturated rings. The SMILES string of the molecule is CNCC(N)CC1(F)CCCCC1. The molecule has 1 aliphatic carbocycles. The third-order valence-corrected chi connectivity index (χ3v) is 2.84. The Balaban J connectivity index is 2.31. The Morgan fingerprint density at radius 1 is 1.38 bits per heavy atom. The molecular formula is C10H21FN2. The van der Waals surface area contributed by atoms with E-state index >= 15 is 0 Å². The second kappa shape index (κ2) is 4.91. The number of halogens is 1. The molecule has 3 heteroatoms.